The molecule has 0 radical (unpaired) electrons. The van der Waals surface area contributed by atoms with E-state index in [1.54, 1.807) is 0 Å². The van der Waals surface area contributed by atoms with Crippen LogP contribution in [-0.2, 0) is 0 Å². The van der Waals surface area contributed by atoms with Gasteiger partial charge in [0.15, 0.2) is 0 Å². The van der Waals surface area contributed by atoms with Crippen molar-refractivity contribution in [2.24, 2.45) is 0 Å². The maximum Gasteiger partial charge on any atom is 1.00 e. The first-order chi connectivity index (χ1) is 16.1. The van der Waals surface area contributed by atoms with Crippen molar-refractivity contribution < 1.29 is 18.6 Å². The Labute approximate surface area is 231 Å². The molecule has 0 bridgehead atoms. The molecule has 1 aliphatic heterocycles. The number of piperidine rings is 1. The van der Waals surface area contributed by atoms with Crippen molar-refractivity contribution in [3.05, 3.63) is 24.3 Å². The summed E-state index contributed by atoms with van der Waals surface area (Å²) in [5.41, 5.74) is 1.33. The van der Waals surface area contributed by atoms with Crippen molar-refractivity contribution in [1.29, 1.82) is 0 Å². The standard InChI is InChI=1S/C24H36BrN7O.2ClH/c1-31-14-12-20(13-15-31)32(2)24-29-22(26-18-8-5-3-4-6-9-18)28-23(30-24)27-19-10-7-11-21(16-19)33-17-25;;/h7,10-11,16,18,20H,3-6,8-9,12-15,17H2,1-2H3,(H2,26,27,28,29,30);2*1H. The summed E-state index contributed by atoms with van der Waals surface area (Å²) >= 11 is 3.31. The number of nitrogens with zero attached hydrogens (tertiary/aromatic N) is 5. The second-order valence-electron chi connectivity index (χ2n) is 9.17. The number of anilines is 4. The van der Waals surface area contributed by atoms with Gasteiger partial charge in [0, 0.05) is 30.9 Å². The molecule has 8 nitrogen and oxygen atoms in total. The molecular formula is C24H38BrCl2N7O. The quantitative estimate of drug-likeness (QED) is 0.359. The van der Waals surface area contributed by atoms with Crippen LogP contribution in [0.3, 0.4) is 0 Å². The smallest absolute Gasteiger partial charge is 1.00 e. The molecule has 2 fully saturated rings. The van der Waals surface area contributed by atoms with Crippen LogP contribution in [0.4, 0.5) is 23.5 Å². The minimum atomic E-state index is 0. The zero-order valence-electron chi connectivity index (χ0n) is 21.6. The Hall–Kier alpha value is -1.55. The van der Waals surface area contributed by atoms with E-state index in [1.165, 1.54) is 38.5 Å². The third kappa shape index (κ3) is 8.81. The third-order valence-electron chi connectivity index (χ3n) is 6.67. The predicted molar refractivity (Wildman–Crippen MR) is 146 cm³/mol. The van der Waals surface area contributed by atoms with E-state index in [0.717, 1.165) is 37.4 Å². The topological polar surface area (TPSA) is 78.4 Å². The van der Waals surface area contributed by atoms with Crippen LogP contribution in [-0.4, -0.2) is 64.6 Å². The minimum Gasteiger partial charge on any atom is -1.00 e. The fraction of sp³-hybridized carbons (Fsp3) is 0.625. The number of halogens is 3. The second-order valence-corrected chi connectivity index (χ2v) is 9.62. The Morgan fingerprint density at radius 1 is 1.06 bits per heavy atom. The van der Waals surface area contributed by atoms with Crippen LogP contribution in [0.1, 0.15) is 52.8 Å². The number of nitrogens with one attached hydrogen (secondary N) is 2. The van der Waals surface area contributed by atoms with Crippen molar-refractivity contribution in [3.63, 3.8) is 0 Å². The van der Waals surface area contributed by atoms with Gasteiger partial charge in [0.1, 0.15) is 11.3 Å². The highest BCUT2D eigenvalue weighted by Crippen LogP contribution is 2.26. The summed E-state index contributed by atoms with van der Waals surface area (Å²) in [5.74, 6) is 2.70. The van der Waals surface area contributed by atoms with Crippen LogP contribution in [0.5, 0.6) is 5.75 Å². The fourth-order valence-electron chi connectivity index (χ4n) is 4.65. The van der Waals surface area contributed by atoms with E-state index in [4.69, 9.17) is 19.7 Å². The maximum absolute atomic E-state index is 5.57. The number of hydrogen-bond donors (Lipinski definition) is 2. The third-order valence-corrected chi connectivity index (χ3v) is 6.90. The highest BCUT2D eigenvalue weighted by molar-refractivity contribution is 9.09. The van der Waals surface area contributed by atoms with E-state index < -0.39 is 0 Å². The molecule has 2 aromatic rings. The van der Waals surface area contributed by atoms with Gasteiger partial charge in [-0.05, 0) is 73.9 Å². The number of benzene rings is 1. The lowest BCUT2D eigenvalue weighted by Gasteiger charge is -2.35. The fourth-order valence-corrected chi connectivity index (χ4v) is 4.91. The van der Waals surface area contributed by atoms with Crippen molar-refractivity contribution >= 4 is 51.9 Å². The van der Waals surface area contributed by atoms with Crippen LogP contribution < -0.4 is 32.7 Å². The van der Waals surface area contributed by atoms with E-state index in [9.17, 15) is 0 Å². The van der Waals surface area contributed by atoms with Crippen molar-refractivity contribution in [3.8, 4) is 5.75 Å². The summed E-state index contributed by atoms with van der Waals surface area (Å²) < 4.78 is 5.57. The molecule has 0 unspecified atom stereocenters. The molecule has 1 saturated heterocycles. The first-order valence-electron chi connectivity index (χ1n) is 12.1. The average molecular weight is 591 g/mol. The molecule has 1 saturated carbocycles. The molecule has 0 atom stereocenters. The summed E-state index contributed by atoms with van der Waals surface area (Å²) in [7, 11) is 4.29. The van der Waals surface area contributed by atoms with Gasteiger partial charge in [0.2, 0.25) is 17.8 Å². The lowest BCUT2D eigenvalue weighted by atomic mass is 10.0. The molecule has 1 aromatic carbocycles. The first kappa shape index (κ1) is 29.7. The van der Waals surface area contributed by atoms with Gasteiger partial charge in [-0.2, -0.15) is 15.0 Å². The molecule has 2 heterocycles. The van der Waals surface area contributed by atoms with Crippen molar-refractivity contribution in [2.75, 3.05) is 48.2 Å². The number of ether oxygens (including phenoxy) is 1. The summed E-state index contributed by atoms with van der Waals surface area (Å²) in [6.45, 7) is 2.19. The maximum atomic E-state index is 5.57. The lowest BCUT2D eigenvalue weighted by Crippen LogP contribution is -3.00. The number of alkyl halides is 1. The SMILES string of the molecule is CN1CCC(N(C)c2nc(Nc3cccc(OCBr)c3)nc(NC3CCCCCC3)n2)CC1.Cl.[Cl-].[H+]. The molecule has 1 aliphatic carbocycles. The Kier molecular flexibility index (Phi) is 12.6. The van der Waals surface area contributed by atoms with Gasteiger partial charge in [0.05, 0.1) is 0 Å². The van der Waals surface area contributed by atoms with E-state index in [1.807, 2.05) is 24.3 Å². The van der Waals surface area contributed by atoms with Gasteiger partial charge in [-0.25, -0.2) is 0 Å². The van der Waals surface area contributed by atoms with Crippen LogP contribution in [0.25, 0.3) is 0 Å². The monoisotopic (exact) mass is 589 g/mol. The molecule has 0 spiro atoms. The zero-order valence-corrected chi connectivity index (χ0v) is 23.7. The summed E-state index contributed by atoms with van der Waals surface area (Å²) in [6, 6.07) is 8.67. The Bertz CT molecular complexity index is 901. The van der Waals surface area contributed by atoms with Crippen molar-refractivity contribution in [2.45, 2.75) is 63.5 Å². The van der Waals surface area contributed by atoms with Crippen molar-refractivity contribution in [1.82, 2.24) is 19.9 Å². The van der Waals surface area contributed by atoms with E-state index in [0.29, 0.717) is 35.4 Å². The lowest BCUT2D eigenvalue weighted by molar-refractivity contribution is -0.00000764. The molecule has 11 heteroatoms. The van der Waals surface area contributed by atoms with Crippen LogP contribution in [0.15, 0.2) is 24.3 Å². The summed E-state index contributed by atoms with van der Waals surface area (Å²) in [4.78, 5) is 19.0. The highest BCUT2D eigenvalue weighted by Gasteiger charge is 2.24. The number of aromatic nitrogens is 3. The van der Waals surface area contributed by atoms with Gasteiger partial charge < -0.3 is 37.6 Å². The molecule has 2 N–H and O–H groups in total. The van der Waals surface area contributed by atoms with Gasteiger partial charge in [0.25, 0.3) is 0 Å². The molecule has 196 valence electrons. The van der Waals surface area contributed by atoms with Gasteiger partial charge in [-0.3, -0.25) is 0 Å². The van der Waals surface area contributed by atoms with Gasteiger partial charge >= 0.3 is 1.43 Å². The summed E-state index contributed by atoms with van der Waals surface area (Å²) in [5, 5.41) is 6.98. The molecule has 4 rings (SSSR count). The Morgan fingerprint density at radius 3 is 2.43 bits per heavy atom. The minimum absolute atomic E-state index is 0. The van der Waals surface area contributed by atoms with Gasteiger partial charge in [-0.1, -0.05) is 31.7 Å². The number of likely N-dealkylation sites (tertiary alicyclic amines) is 1. The van der Waals surface area contributed by atoms with Crippen LogP contribution in [0, 0.1) is 0 Å². The molecule has 0 amide bonds. The molecule has 1 aromatic heterocycles. The van der Waals surface area contributed by atoms with E-state index in [2.05, 4.69) is 50.5 Å². The second kappa shape index (κ2) is 14.9. The largest absolute Gasteiger partial charge is 1.00 e. The molecule has 2 aliphatic rings. The highest BCUT2D eigenvalue weighted by atomic mass is 79.9. The van der Waals surface area contributed by atoms with E-state index >= 15 is 0 Å². The predicted octanol–water partition coefficient (Wildman–Crippen LogP) is 2.55. The Morgan fingerprint density at radius 2 is 1.74 bits per heavy atom. The summed E-state index contributed by atoms with van der Waals surface area (Å²) in [6.07, 6.45) is 9.71. The Balaban J connectivity index is 0.00000216. The number of rotatable bonds is 8. The van der Waals surface area contributed by atoms with E-state index in [-0.39, 0.29) is 26.2 Å². The van der Waals surface area contributed by atoms with Crippen LogP contribution in [0.2, 0.25) is 0 Å². The average Bonchev–Trinajstić information content (AvgIpc) is 3.08. The first-order valence-corrected chi connectivity index (χ1v) is 13.2. The number of hydrogen-bond acceptors (Lipinski definition) is 8. The zero-order chi connectivity index (χ0) is 23.0. The van der Waals surface area contributed by atoms with Crippen LogP contribution >= 0.6 is 28.3 Å². The normalized spacial score (nSPS) is 17.5. The van der Waals surface area contributed by atoms with Gasteiger partial charge in [-0.15, -0.1) is 12.4 Å². The molecular weight excluding hydrogens is 553 g/mol. The molecule has 35 heavy (non-hydrogen) atoms.